The molecule has 0 fully saturated rings. The van der Waals surface area contributed by atoms with Gasteiger partial charge in [-0.2, -0.15) is 0 Å². The summed E-state index contributed by atoms with van der Waals surface area (Å²) in [6.45, 7) is 1.06. The van der Waals surface area contributed by atoms with E-state index in [0.717, 1.165) is 16.9 Å². The lowest BCUT2D eigenvalue weighted by Gasteiger charge is -2.17. The third kappa shape index (κ3) is 6.21. The van der Waals surface area contributed by atoms with Gasteiger partial charge in [0, 0.05) is 19.2 Å². The number of carbonyl (C=O) groups is 2. The highest BCUT2D eigenvalue weighted by molar-refractivity contribution is 5.96. The van der Waals surface area contributed by atoms with Crippen LogP contribution in [0.4, 0.5) is 0 Å². The zero-order chi connectivity index (χ0) is 21.2. The van der Waals surface area contributed by atoms with Gasteiger partial charge in [-0.15, -0.1) is 0 Å². The van der Waals surface area contributed by atoms with E-state index in [1.807, 2.05) is 72.8 Å². The van der Waals surface area contributed by atoms with E-state index in [9.17, 15) is 9.59 Å². The van der Waals surface area contributed by atoms with Crippen LogP contribution in [0.25, 0.3) is 11.1 Å². The first-order valence-electron chi connectivity index (χ1n) is 9.99. The van der Waals surface area contributed by atoms with Crippen LogP contribution in [-0.2, 0) is 4.79 Å². The SMILES string of the molecule is CN(CCCOc1ccccc1)C(=O)CNC(=O)c1ccc(-c2ccccc2)cc1. The molecule has 5 heteroatoms. The second-order valence-electron chi connectivity index (χ2n) is 6.96. The van der Waals surface area contributed by atoms with E-state index in [1.54, 1.807) is 24.1 Å². The highest BCUT2D eigenvalue weighted by atomic mass is 16.5. The van der Waals surface area contributed by atoms with E-state index in [4.69, 9.17) is 4.74 Å². The molecule has 154 valence electrons. The van der Waals surface area contributed by atoms with Crippen molar-refractivity contribution in [2.45, 2.75) is 6.42 Å². The zero-order valence-corrected chi connectivity index (χ0v) is 17.1. The van der Waals surface area contributed by atoms with Crippen molar-refractivity contribution in [1.82, 2.24) is 10.2 Å². The minimum Gasteiger partial charge on any atom is -0.494 e. The van der Waals surface area contributed by atoms with Gasteiger partial charge in [-0.3, -0.25) is 9.59 Å². The van der Waals surface area contributed by atoms with Crippen LogP contribution in [0, 0.1) is 0 Å². The van der Waals surface area contributed by atoms with E-state index in [1.165, 1.54) is 0 Å². The lowest BCUT2D eigenvalue weighted by molar-refractivity contribution is -0.128. The molecular weight excluding hydrogens is 376 g/mol. The number of carbonyl (C=O) groups excluding carboxylic acids is 2. The van der Waals surface area contributed by atoms with Crippen molar-refractivity contribution in [3.63, 3.8) is 0 Å². The van der Waals surface area contributed by atoms with Crippen LogP contribution < -0.4 is 10.1 Å². The van der Waals surface area contributed by atoms with Crippen molar-refractivity contribution >= 4 is 11.8 Å². The average Bonchev–Trinajstić information content (AvgIpc) is 2.81. The van der Waals surface area contributed by atoms with E-state index >= 15 is 0 Å². The normalized spacial score (nSPS) is 10.3. The second-order valence-corrected chi connectivity index (χ2v) is 6.96. The first-order chi connectivity index (χ1) is 14.6. The average molecular weight is 402 g/mol. The van der Waals surface area contributed by atoms with Crippen LogP contribution in [0.15, 0.2) is 84.9 Å². The van der Waals surface area contributed by atoms with E-state index in [2.05, 4.69) is 5.32 Å². The topological polar surface area (TPSA) is 58.6 Å². The third-order valence-corrected chi connectivity index (χ3v) is 4.73. The summed E-state index contributed by atoms with van der Waals surface area (Å²) in [6.07, 6.45) is 0.714. The van der Waals surface area contributed by atoms with Crippen molar-refractivity contribution in [2.75, 3.05) is 26.7 Å². The number of nitrogens with one attached hydrogen (secondary N) is 1. The number of hydrogen-bond acceptors (Lipinski definition) is 3. The number of ether oxygens (including phenoxy) is 1. The summed E-state index contributed by atoms with van der Waals surface area (Å²) in [5.74, 6) is 0.421. The van der Waals surface area contributed by atoms with Crippen LogP contribution in [0.1, 0.15) is 16.8 Å². The molecule has 0 bridgehead atoms. The molecule has 0 aromatic heterocycles. The van der Waals surface area contributed by atoms with E-state index in [0.29, 0.717) is 25.1 Å². The van der Waals surface area contributed by atoms with Crippen LogP contribution in [-0.4, -0.2) is 43.5 Å². The Morgan fingerprint density at radius 1 is 0.833 bits per heavy atom. The Bertz CT molecular complexity index is 941. The number of benzene rings is 3. The highest BCUT2D eigenvalue weighted by Gasteiger charge is 2.12. The van der Waals surface area contributed by atoms with Gasteiger partial charge in [-0.05, 0) is 41.8 Å². The van der Waals surface area contributed by atoms with Gasteiger partial charge in [0.25, 0.3) is 5.91 Å². The maximum absolute atomic E-state index is 12.3. The fourth-order valence-corrected chi connectivity index (χ4v) is 2.97. The Hall–Kier alpha value is -3.60. The maximum atomic E-state index is 12.3. The van der Waals surface area contributed by atoms with Gasteiger partial charge >= 0.3 is 0 Å². The third-order valence-electron chi connectivity index (χ3n) is 4.73. The van der Waals surface area contributed by atoms with Crippen LogP contribution in [0.3, 0.4) is 0 Å². The monoisotopic (exact) mass is 402 g/mol. The molecular formula is C25H26N2O3. The fourth-order valence-electron chi connectivity index (χ4n) is 2.97. The molecule has 0 radical (unpaired) electrons. The van der Waals surface area contributed by atoms with E-state index in [-0.39, 0.29) is 18.4 Å². The predicted molar refractivity (Wildman–Crippen MR) is 118 cm³/mol. The van der Waals surface area contributed by atoms with Gasteiger partial charge in [0.1, 0.15) is 5.75 Å². The van der Waals surface area contributed by atoms with Gasteiger partial charge in [-0.1, -0.05) is 60.7 Å². The minimum absolute atomic E-state index is 0.0324. The van der Waals surface area contributed by atoms with Crippen molar-refractivity contribution in [2.24, 2.45) is 0 Å². The van der Waals surface area contributed by atoms with Crippen LogP contribution in [0.2, 0.25) is 0 Å². The molecule has 1 N–H and O–H groups in total. The van der Waals surface area contributed by atoms with E-state index < -0.39 is 0 Å². The molecule has 0 spiro atoms. The Morgan fingerprint density at radius 2 is 1.43 bits per heavy atom. The smallest absolute Gasteiger partial charge is 0.251 e. The number of nitrogens with zero attached hydrogens (tertiary/aromatic N) is 1. The standard InChI is InChI=1S/C25H26N2O3/c1-27(17-8-18-30-23-11-6-3-7-12-23)24(28)19-26-25(29)22-15-13-21(14-16-22)20-9-4-2-5-10-20/h2-7,9-16H,8,17-19H2,1H3,(H,26,29). The first-order valence-corrected chi connectivity index (χ1v) is 9.99. The maximum Gasteiger partial charge on any atom is 0.251 e. The van der Waals surface area contributed by atoms with Crippen LogP contribution in [0.5, 0.6) is 5.75 Å². The lowest BCUT2D eigenvalue weighted by atomic mass is 10.0. The molecule has 3 aromatic rings. The second kappa shape index (κ2) is 10.8. The molecule has 3 aromatic carbocycles. The number of para-hydroxylation sites is 1. The van der Waals surface area contributed by atoms with Crippen molar-refractivity contribution in [3.05, 3.63) is 90.5 Å². The summed E-state index contributed by atoms with van der Waals surface area (Å²) in [5.41, 5.74) is 2.67. The summed E-state index contributed by atoms with van der Waals surface area (Å²) in [6, 6.07) is 26.9. The van der Waals surface area contributed by atoms with Gasteiger partial charge in [0.05, 0.1) is 13.2 Å². The first kappa shape index (κ1) is 21.1. The van der Waals surface area contributed by atoms with Crippen molar-refractivity contribution < 1.29 is 14.3 Å². The lowest BCUT2D eigenvalue weighted by Crippen LogP contribution is -2.38. The quantitative estimate of drug-likeness (QED) is 0.550. The van der Waals surface area contributed by atoms with Gasteiger partial charge < -0.3 is 15.0 Å². The Morgan fingerprint density at radius 3 is 2.10 bits per heavy atom. The summed E-state index contributed by atoms with van der Waals surface area (Å²) < 4.78 is 5.63. The van der Waals surface area contributed by atoms with Crippen LogP contribution >= 0.6 is 0 Å². The molecule has 0 aliphatic carbocycles. The number of amides is 2. The number of hydrogen-bond donors (Lipinski definition) is 1. The summed E-state index contributed by atoms with van der Waals surface area (Å²) in [5, 5.41) is 2.69. The molecule has 0 saturated carbocycles. The molecule has 0 unspecified atom stereocenters. The highest BCUT2D eigenvalue weighted by Crippen LogP contribution is 2.19. The Balaban J connectivity index is 1.39. The predicted octanol–water partition coefficient (Wildman–Crippen LogP) is 4.01. The van der Waals surface area contributed by atoms with Crippen molar-refractivity contribution in [1.29, 1.82) is 0 Å². The summed E-state index contributed by atoms with van der Waals surface area (Å²) >= 11 is 0. The Labute approximate surface area is 177 Å². The van der Waals surface area contributed by atoms with Gasteiger partial charge in [-0.25, -0.2) is 0 Å². The molecule has 3 rings (SSSR count). The molecule has 5 nitrogen and oxygen atoms in total. The number of likely N-dealkylation sites (N-methyl/N-ethyl adjacent to an activating group) is 1. The minimum atomic E-state index is -0.260. The van der Waals surface area contributed by atoms with Gasteiger partial charge in [0.15, 0.2) is 0 Å². The van der Waals surface area contributed by atoms with Crippen molar-refractivity contribution in [3.8, 4) is 16.9 Å². The molecule has 30 heavy (non-hydrogen) atoms. The Kier molecular flexibility index (Phi) is 7.61. The molecule has 0 atom stereocenters. The largest absolute Gasteiger partial charge is 0.494 e. The summed E-state index contributed by atoms with van der Waals surface area (Å²) in [4.78, 5) is 26.2. The molecule has 0 aliphatic rings. The summed E-state index contributed by atoms with van der Waals surface area (Å²) in [7, 11) is 1.73. The molecule has 0 saturated heterocycles. The molecule has 0 heterocycles. The fraction of sp³-hybridized carbons (Fsp3) is 0.200. The van der Waals surface area contributed by atoms with Gasteiger partial charge in [0.2, 0.25) is 5.91 Å². The number of rotatable bonds is 9. The molecule has 2 amide bonds. The molecule has 0 aliphatic heterocycles. The zero-order valence-electron chi connectivity index (χ0n) is 17.1.